The van der Waals surface area contributed by atoms with Gasteiger partial charge in [0.05, 0.1) is 17.3 Å². The number of ether oxygens (including phenoxy) is 1. The predicted octanol–water partition coefficient (Wildman–Crippen LogP) is 3.41. The van der Waals surface area contributed by atoms with Crippen LogP contribution in [0.2, 0.25) is 0 Å². The Labute approximate surface area is 111 Å². The van der Waals surface area contributed by atoms with Crippen LogP contribution in [-0.2, 0) is 0 Å². The van der Waals surface area contributed by atoms with Gasteiger partial charge in [-0.1, -0.05) is 12.5 Å². The van der Waals surface area contributed by atoms with Crippen molar-refractivity contribution in [1.82, 2.24) is 9.97 Å². The van der Waals surface area contributed by atoms with Crippen molar-refractivity contribution in [1.29, 1.82) is 0 Å². The second-order valence-corrected chi connectivity index (χ2v) is 4.68. The van der Waals surface area contributed by atoms with Crippen molar-refractivity contribution in [3.8, 4) is 5.88 Å². The van der Waals surface area contributed by atoms with Crippen LogP contribution < -0.4 is 10.1 Å². The summed E-state index contributed by atoms with van der Waals surface area (Å²) >= 11 is 3.37. The van der Waals surface area contributed by atoms with Gasteiger partial charge in [-0.25, -0.2) is 4.98 Å². The molecular formula is C12H18BrN3O. The second-order valence-electron chi connectivity index (χ2n) is 3.83. The van der Waals surface area contributed by atoms with Gasteiger partial charge in [-0.3, -0.25) is 0 Å². The van der Waals surface area contributed by atoms with Gasteiger partial charge in [-0.05, 0) is 29.3 Å². The van der Waals surface area contributed by atoms with E-state index in [1.807, 2.05) is 6.92 Å². The van der Waals surface area contributed by atoms with E-state index in [4.69, 9.17) is 4.74 Å². The van der Waals surface area contributed by atoms with Crippen molar-refractivity contribution in [3.63, 3.8) is 0 Å². The van der Waals surface area contributed by atoms with Crippen molar-refractivity contribution in [3.05, 3.63) is 22.8 Å². The van der Waals surface area contributed by atoms with Gasteiger partial charge in [-0.2, -0.15) is 4.98 Å². The zero-order valence-electron chi connectivity index (χ0n) is 10.3. The van der Waals surface area contributed by atoms with Gasteiger partial charge in [-0.15, -0.1) is 6.58 Å². The van der Waals surface area contributed by atoms with Gasteiger partial charge < -0.3 is 10.1 Å². The maximum Gasteiger partial charge on any atom is 0.232 e. The van der Waals surface area contributed by atoms with Gasteiger partial charge in [0.15, 0.2) is 0 Å². The van der Waals surface area contributed by atoms with Gasteiger partial charge in [0.2, 0.25) is 11.8 Å². The first-order valence-electron chi connectivity index (χ1n) is 5.67. The third kappa shape index (κ3) is 5.17. The van der Waals surface area contributed by atoms with Crippen LogP contribution in [0.5, 0.6) is 5.88 Å². The van der Waals surface area contributed by atoms with E-state index in [-0.39, 0.29) is 0 Å². The summed E-state index contributed by atoms with van der Waals surface area (Å²) in [6.07, 6.45) is 3.56. The van der Waals surface area contributed by atoms with Gasteiger partial charge in [0.25, 0.3) is 0 Å². The van der Waals surface area contributed by atoms with E-state index < -0.39 is 0 Å². The molecule has 0 aliphatic rings. The summed E-state index contributed by atoms with van der Waals surface area (Å²) in [7, 11) is 0. The van der Waals surface area contributed by atoms with E-state index in [0.29, 0.717) is 18.4 Å². The number of nitrogens with zero attached hydrogens (tertiary/aromatic N) is 2. The summed E-state index contributed by atoms with van der Waals surface area (Å²) in [6, 6.07) is 0. The molecule has 0 unspecified atom stereocenters. The predicted molar refractivity (Wildman–Crippen MR) is 73.4 cm³/mol. The molecule has 0 atom stereocenters. The SMILES string of the molecule is C=C(C)CCOc1nc(NCCC)ncc1Br. The highest BCUT2D eigenvalue weighted by Gasteiger charge is 2.05. The van der Waals surface area contributed by atoms with Crippen LogP contribution in [0.3, 0.4) is 0 Å². The fourth-order valence-electron chi connectivity index (χ4n) is 1.10. The molecule has 0 saturated carbocycles. The normalized spacial score (nSPS) is 10.1. The summed E-state index contributed by atoms with van der Waals surface area (Å²) in [5.41, 5.74) is 1.10. The van der Waals surface area contributed by atoms with E-state index in [1.165, 1.54) is 0 Å². The standard InChI is InChI=1S/C12H18BrN3O/c1-4-6-14-12-15-8-10(13)11(16-12)17-7-5-9(2)3/h8H,2,4-7H2,1,3H3,(H,14,15,16). The molecule has 0 bridgehead atoms. The van der Waals surface area contributed by atoms with Crippen molar-refractivity contribution >= 4 is 21.9 Å². The lowest BCUT2D eigenvalue weighted by Crippen LogP contribution is -2.07. The minimum absolute atomic E-state index is 0.569. The van der Waals surface area contributed by atoms with Gasteiger partial charge in [0, 0.05) is 13.0 Å². The third-order valence-electron chi connectivity index (χ3n) is 2.01. The Hall–Kier alpha value is -1.10. The summed E-state index contributed by atoms with van der Waals surface area (Å²) < 4.78 is 6.33. The first-order chi connectivity index (χ1) is 8.13. The molecule has 1 rings (SSSR count). The van der Waals surface area contributed by atoms with E-state index in [0.717, 1.165) is 29.4 Å². The summed E-state index contributed by atoms with van der Waals surface area (Å²) in [5.74, 6) is 1.17. The van der Waals surface area contributed by atoms with Crippen LogP contribution in [0.4, 0.5) is 5.95 Å². The zero-order valence-corrected chi connectivity index (χ0v) is 11.9. The van der Waals surface area contributed by atoms with Crippen LogP contribution in [0.15, 0.2) is 22.8 Å². The van der Waals surface area contributed by atoms with E-state index in [2.05, 4.69) is 44.7 Å². The highest BCUT2D eigenvalue weighted by Crippen LogP contribution is 2.22. The lowest BCUT2D eigenvalue weighted by atomic mass is 10.3. The van der Waals surface area contributed by atoms with Crippen molar-refractivity contribution < 1.29 is 4.74 Å². The maximum absolute atomic E-state index is 5.57. The Kier molecular flexibility index (Phi) is 5.97. The molecule has 1 heterocycles. The molecule has 0 aromatic carbocycles. The lowest BCUT2D eigenvalue weighted by molar-refractivity contribution is 0.307. The molecule has 17 heavy (non-hydrogen) atoms. The average molecular weight is 300 g/mol. The average Bonchev–Trinajstić information content (AvgIpc) is 2.29. The second kappa shape index (κ2) is 7.27. The Morgan fingerprint density at radius 2 is 2.35 bits per heavy atom. The molecule has 0 radical (unpaired) electrons. The van der Waals surface area contributed by atoms with E-state index in [9.17, 15) is 0 Å². The molecule has 1 aromatic heterocycles. The van der Waals surface area contributed by atoms with Crippen LogP contribution in [0.25, 0.3) is 0 Å². The van der Waals surface area contributed by atoms with Crippen LogP contribution in [0.1, 0.15) is 26.7 Å². The Bertz CT molecular complexity index is 382. The number of hydrogen-bond acceptors (Lipinski definition) is 4. The molecular weight excluding hydrogens is 282 g/mol. The topological polar surface area (TPSA) is 47.0 Å². The first kappa shape index (κ1) is 14.0. The highest BCUT2D eigenvalue weighted by atomic mass is 79.9. The molecule has 1 N–H and O–H groups in total. The van der Waals surface area contributed by atoms with Crippen molar-refractivity contribution in [2.45, 2.75) is 26.7 Å². The summed E-state index contributed by atoms with van der Waals surface area (Å²) in [4.78, 5) is 8.44. The molecule has 0 aliphatic carbocycles. The number of aromatic nitrogens is 2. The minimum Gasteiger partial charge on any atom is -0.476 e. The Balaban J connectivity index is 2.59. The van der Waals surface area contributed by atoms with Gasteiger partial charge >= 0.3 is 0 Å². The molecule has 0 fully saturated rings. The first-order valence-corrected chi connectivity index (χ1v) is 6.46. The maximum atomic E-state index is 5.57. The molecule has 0 saturated heterocycles. The number of nitrogens with one attached hydrogen (secondary N) is 1. The largest absolute Gasteiger partial charge is 0.476 e. The summed E-state index contributed by atoms with van der Waals surface area (Å²) in [5, 5.41) is 3.12. The smallest absolute Gasteiger partial charge is 0.232 e. The fourth-order valence-corrected chi connectivity index (χ4v) is 1.40. The molecule has 5 heteroatoms. The Morgan fingerprint density at radius 3 is 3.00 bits per heavy atom. The lowest BCUT2D eigenvalue weighted by Gasteiger charge is -2.09. The number of rotatable bonds is 7. The number of anilines is 1. The Morgan fingerprint density at radius 1 is 1.59 bits per heavy atom. The monoisotopic (exact) mass is 299 g/mol. The molecule has 94 valence electrons. The highest BCUT2D eigenvalue weighted by molar-refractivity contribution is 9.10. The molecule has 4 nitrogen and oxygen atoms in total. The number of hydrogen-bond donors (Lipinski definition) is 1. The van der Waals surface area contributed by atoms with Crippen LogP contribution in [-0.4, -0.2) is 23.1 Å². The number of halogens is 1. The van der Waals surface area contributed by atoms with E-state index in [1.54, 1.807) is 6.20 Å². The molecule has 0 spiro atoms. The molecule has 1 aromatic rings. The van der Waals surface area contributed by atoms with E-state index >= 15 is 0 Å². The summed E-state index contributed by atoms with van der Waals surface area (Å²) in [6.45, 7) is 9.34. The van der Waals surface area contributed by atoms with Crippen molar-refractivity contribution in [2.75, 3.05) is 18.5 Å². The van der Waals surface area contributed by atoms with Crippen molar-refractivity contribution in [2.24, 2.45) is 0 Å². The molecule has 0 amide bonds. The fraction of sp³-hybridized carbons (Fsp3) is 0.500. The molecule has 0 aliphatic heterocycles. The zero-order chi connectivity index (χ0) is 12.7. The quantitative estimate of drug-likeness (QED) is 0.784. The van der Waals surface area contributed by atoms with Crippen LogP contribution in [0, 0.1) is 0 Å². The third-order valence-corrected chi connectivity index (χ3v) is 2.56. The van der Waals surface area contributed by atoms with Gasteiger partial charge in [0.1, 0.15) is 0 Å². The minimum atomic E-state index is 0.569. The van der Waals surface area contributed by atoms with Crippen LogP contribution >= 0.6 is 15.9 Å².